The van der Waals surface area contributed by atoms with Gasteiger partial charge >= 0.3 is 0 Å². The molecule has 0 saturated carbocycles. The van der Waals surface area contributed by atoms with Crippen molar-refractivity contribution < 1.29 is 14.6 Å². The lowest BCUT2D eigenvalue weighted by atomic mass is 10.3. The first kappa shape index (κ1) is 10.6. The average molecular weight is 214 g/mol. The van der Waals surface area contributed by atoms with E-state index < -0.39 is 5.91 Å². The Hall–Kier alpha value is -1.43. The number of hydrogen-bond donors (Lipinski definition) is 2. The molecule has 0 aliphatic carbocycles. The minimum Gasteiger partial charge on any atom is -0.504 e. The number of aromatic hydroxyl groups is 1. The van der Waals surface area contributed by atoms with Crippen molar-refractivity contribution in [1.82, 2.24) is 4.98 Å². The smallest absolute Gasteiger partial charge is 0.271 e. The number of aromatic nitrogens is 1. The molecule has 1 aromatic rings. The summed E-state index contributed by atoms with van der Waals surface area (Å²) in [4.78, 5) is 14.6. The second kappa shape index (κ2) is 4.71. The summed E-state index contributed by atoms with van der Waals surface area (Å²) in [6, 6.07) is 1.34. The Labute approximate surface area is 85.3 Å². The van der Waals surface area contributed by atoms with E-state index in [1.165, 1.54) is 24.0 Å². The molecule has 0 aliphatic heterocycles. The first-order valence-electron chi connectivity index (χ1n) is 3.76. The lowest BCUT2D eigenvalue weighted by Crippen LogP contribution is -2.15. The highest BCUT2D eigenvalue weighted by Crippen LogP contribution is 2.28. The number of amides is 1. The molecule has 0 atom stereocenters. The van der Waals surface area contributed by atoms with Crippen molar-refractivity contribution in [2.75, 3.05) is 12.2 Å². The number of pyridine rings is 1. The Kier molecular flexibility index (Phi) is 3.58. The van der Waals surface area contributed by atoms with Crippen molar-refractivity contribution in [2.24, 2.45) is 5.73 Å². The zero-order valence-electron chi connectivity index (χ0n) is 7.56. The summed E-state index contributed by atoms with van der Waals surface area (Å²) in [7, 11) is 0. The second-order valence-electron chi connectivity index (χ2n) is 2.42. The van der Waals surface area contributed by atoms with Crippen LogP contribution in [0.1, 0.15) is 10.5 Å². The fourth-order valence-electron chi connectivity index (χ4n) is 0.874. The largest absolute Gasteiger partial charge is 0.504 e. The maximum Gasteiger partial charge on any atom is 0.271 e. The summed E-state index contributed by atoms with van der Waals surface area (Å²) < 4.78 is 5.13. The molecule has 0 aliphatic rings. The van der Waals surface area contributed by atoms with Gasteiger partial charge in [0.05, 0.1) is 0 Å². The number of carbonyl (C=O) groups is 1. The SMILES string of the molecule is CSCOc1c(O)ccnc1C(N)=O. The molecule has 0 saturated heterocycles. The third-order valence-electron chi connectivity index (χ3n) is 1.44. The van der Waals surface area contributed by atoms with Crippen molar-refractivity contribution in [3.05, 3.63) is 18.0 Å². The maximum atomic E-state index is 10.9. The Morgan fingerprint density at radius 3 is 3.07 bits per heavy atom. The number of thioether (sulfide) groups is 1. The first-order chi connectivity index (χ1) is 6.66. The lowest BCUT2D eigenvalue weighted by molar-refractivity contribution is 0.0991. The molecule has 1 heterocycles. The van der Waals surface area contributed by atoms with Crippen LogP contribution in [0.2, 0.25) is 0 Å². The molecule has 0 spiro atoms. The molecule has 1 amide bonds. The molecular formula is C8H10N2O3S. The number of nitrogens with two attached hydrogens (primary N) is 1. The minimum absolute atomic E-state index is 0.0364. The molecule has 1 aromatic heterocycles. The fraction of sp³-hybridized carbons (Fsp3) is 0.250. The summed E-state index contributed by atoms with van der Waals surface area (Å²) >= 11 is 1.41. The molecule has 14 heavy (non-hydrogen) atoms. The zero-order valence-corrected chi connectivity index (χ0v) is 8.37. The van der Waals surface area contributed by atoms with E-state index in [1.54, 1.807) is 0 Å². The Balaban J connectivity index is 3.02. The third kappa shape index (κ3) is 2.29. The van der Waals surface area contributed by atoms with E-state index in [4.69, 9.17) is 10.5 Å². The summed E-state index contributed by atoms with van der Waals surface area (Å²) in [6.45, 7) is 0. The van der Waals surface area contributed by atoms with Crippen LogP contribution >= 0.6 is 11.8 Å². The van der Waals surface area contributed by atoms with Gasteiger partial charge in [-0.3, -0.25) is 4.79 Å². The van der Waals surface area contributed by atoms with E-state index >= 15 is 0 Å². The lowest BCUT2D eigenvalue weighted by Gasteiger charge is -2.08. The highest BCUT2D eigenvalue weighted by atomic mass is 32.2. The van der Waals surface area contributed by atoms with Gasteiger partial charge < -0.3 is 15.6 Å². The van der Waals surface area contributed by atoms with Gasteiger partial charge in [0.25, 0.3) is 5.91 Å². The van der Waals surface area contributed by atoms with Crippen molar-refractivity contribution >= 4 is 17.7 Å². The van der Waals surface area contributed by atoms with Crippen molar-refractivity contribution in [2.45, 2.75) is 0 Å². The average Bonchev–Trinajstić information content (AvgIpc) is 2.15. The van der Waals surface area contributed by atoms with Crippen LogP contribution in [0.4, 0.5) is 0 Å². The Bertz CT molecular complexity index is 343. The van der Waals surface area contributed by atoms with E-state index in [-0.39, 0.29) is 17.2 Å². The van der Waals surface area contributed by atoms with Gasteiger partial charge in [0.15, 0.2) is 17.2 Å². The highest BCUT2D eigenvalue weighted by molar-refractivity contribution is 7.98. The predicted molar refractivity (Wildman–Crippen MR) is 53.4 cm³/mol. The number of carbonyl (C=O) groups excluding carboxylic acids is 1. The number of primary amides is 1. The summed E-state index contributed by atoms with van der Waals surface area (Å²) in [5, 5.41) is 9.38. The molecule has 5 nitrogen and oxygen atoms in total. The van der Waals surface area contributed by atoms with Gasteiger partial charge in [0.1, 0.15) is 5.94 Å². The van der Waals surface area contributed by atoms with Crippen LogP contribution in [0.3, 0.4) is 0 Å². The summed E-state index contributed by atoms with van der Waals surface area (Å²) in [6.07, 6.45) is 3.12. The van der Waals surface area contributed by atoms with E-state index in [2.05, 4.69) is 4.98 Å². The van der Waals surface area contributed by atoms with Crippen molar-refractivity contribution in [3.8, 4) is 11.5 Å². The van der Waals surface area contributed by atoms with Crippen LogP contribution in [-0.4, -0.2) is 28.2 Å². The molecule has 0 radical (unpaired) electrons. The van der Waals surface area contributed by atoms with Crippen LogP contribution in [0, 0.1) is 0 Å². The zero-order chi connectivity index (χ0) is 10.6. The fourth-order valence-corrected chi connectivity index (χ4v) is 1.11. The molecule has 76 valence electrons. The van der Waals surface area contributed by atoms with Crippen LogP contribution in [-0.2, 0) is 0 Å². The molecule has 0 unspecified atom stereocenters. The second-order valence-corrected chi connectivity index (χ2v) is 3.24. The number of hydrogen-bond acceptors (Lipinski definition) is 5. The molecule has 6 heteroatoms. The Morgan fingerprint density at radius 1 is 1.79 bits per heavy atom. The van der Waals surface area contributed by atoms with E-state index in [0.29, 0.717) is 5.94 Å². The van der Waals surface area contributed by atoms with Gasteiger partial charge in [-0.15, -0.1) is 11.8 Å². The molecule has 0 aromatic carbocycles. The van der Waals surface area contributed by atoms with Gasteiger partial charge in [0, 0.05) is 12.3 Å². The molecule has 3 N–H and O–H groups in total. The Morgan fingerprint density at radius 2 is 2.50 bits per heavy atom. The van der Waals surface area contributed by atoms with Gasteiger partial charge in [-0.25, -0.2) is 4.98 Å². The van der Waals surface area contributed by atoms with Crippen LogP contribution in [0.5, 0.6) is 11.5 Å². The van der Waals surface area contributed by atoms with Crippen molar-refractivity contribution in [3.63, 3.8) is 0 Å². The van der Waals surface area contributed by atoms with Crippen molar-refractivity contribution in [1.29, 1.82) is 0 Å². The van der Waals surface area contributed by atoms with Crippen LogP contribution in [0.25, 0.3) is 0 Å². The van der Waals surface area contributed by atoms with Gasteiger partial charge in [-0.2, -0.15) is 0 Å². The summed E-state index contributed by atoms with van der Waals surface area (Å²) in [5.74, 6) is -0.506. The van der Waals surface area contributed by atoms with Gasteiger partial charge in [-0.05, 0) is 6.26 Å². The number of rotatable bonds is 4. The molecule has 0 fully saturated rings. The number of ether oxygens (including phenoxy) is 1. The van der Waals surface area contributed by atoms with Gasteiger partial charge in [0.2, 0.25) is 0 Å². The standard InChI is InChI=1S/C8H10N2O3S/c1-14-4-13-7-5(11)2-3-10-6(7)8(9)12/h2-3H,4H2,1H3,(H2,9,12)(H,10,11). The quantitative estimate of drug-likeness (QED) is 0.716. The maximum absolute atomic E-state index is 10.9. The molecule has 1 rings (SSSR count). The van der Waals surface area contributed by atoms with Crippen LogP contribution in [0.15, 0.2) is 12.3 Å². The van der Waals surface area contributed by atoms with E-state index in [1.807, 2.05) is 6.26 Å². The van der Waals surface area contributed by atoms with Gasteiger partial charge in [-0.1, -0.05) is 0 Å². The molecular weight excluding hydrogens is 204 g/mol. The van der Waals surface area contributed by atoms with E-state index in [9.17, 15) is 9.90 Å². The minimum atomic E-state index is -0.725. The normalized spacial score (nSPS) is 9.79. The third-order valence-corrected chi connectivity index (χ3v) is 1.79. The highest BCUT2D eigenvalue weighted by Gasteiger charge is 2.14. The topological polar surface area (TPSA) is 85.4 Å². The molecule has 0 bridgehead atoms. The predicted octanol–water partition coefficient (Wildman–Crippen LogP) is 0.585. The number of nitrogens with zero attached hydrogens (tertiary/aromatic N) is 1. The monoisotopic (exact) mass is 214 g/mol. The van der Waals surface area contributed by atoms with E-state index in [0.717, 1.165) is 0 Å². The van der Waals surface area contributed by atoms with Crippen LogP contribution < -0.4 is 10.5 Å². The first-order valence-corrected chi connectivity index (χ1v) is 5.15. The summed E-state index contributed by atoms with van der Waals surface area (Å²) in [5.41, 5.74) is 5.00.